The van der Waals surface area contributed by atoms with E-state index in [9.17, 15) is 5.26 Å². The average Bonchev–Trinajstić information content (AvgIpc) is 2.72. The summed E-state index contributed by atoms with van der Waals surface area (Å²) in [7, 11) is 0. The third kappa shape index (κ3) is 1.83. The molecule has 2 aliphatic heterocycles. The Kier molecular flexibility index (Phi) is 2.89. The monoisotopic (exact) mass is 259 g/mol. The van der Waals surface area contributed by atoms with E-state index in [0.29, 0.717) is 0 Å². The van der Waals surface area contributed by atoms with E-state index in [1.807, 2.05) is 24.3 Å². The first kappa shape index (κ1) is 11.4. The van der Waals surface area contributed by atoms with Crippen molar-refractivity contribution in [1.82, 2.24) is 5.01 Å². The van der Waals surface area contributed by atoms with Crippen LogP contribution in [0.25, 0.3) is 0 Å². The predicted molar refractivity (Wildman–Crippen MR) is 72.0 cm³/mol. The molecule has 1 aromatic carbocycles. The summed E-state index contributed by atoms with van der Waals surface area (Å²) < 4.78 is 0. The molecule has 2 heterocycles. The molecular weight excluding hydrogens is 246 g/mol. The summed E-state index contributed by atoms with van der Waals surface area (Å²) in [5, 5.41) is 14.0. The molecule has 0 aromatic heterocycles. The molecule has 18 heavy (non-hydrogen) atoms. The fraction of sp³-hybridized carbons (Fsp3) is 0.357. The number of hydrogen-bond acceptors (Lipinski definition) is 3. The minimum absolute atomic E-state index is 0.199. The maximum atomic E-state index is 9.40. The van der Waals surface area contributed by atoms with E-state index in [1.165, 1.54) is 0 Å². The minimum atomic E-state index is 0.199. The standard InChI is InChI=1S/C14H14ClN3/c15-11-4-6-14(7-5-11)18-13-3-1-2-12(8-9-13)17(18)10-16/h4-9,12-13H,1-3H2. The second-order valence-corrected chi connectivity index (χ2v) is 5.15. The summed E-state index contributed by atoms with van der Waals surface area (Å²) in [6.07, 6.45) is 9.99. The highest BCUT2D eigenvalue weighted by atomic mass is 35.5. The fourth-order valence-corrected chi connectivity index (χ4v) is 2.87. The largest absolute Gasteiger partial charge is 0.269 e. The zero-order valence-corrected chi connectivity index (χ0v) is 10.7. The molecule has 0 amide bonds. The molecule has 1 aromatic rings. The molecule has 3 aliphatic rings. The van der Waals surface area contributed by atoms with Crippen molar-refractivity contribution in [2.45, 2.75) is 31.3 Å². The molecule has 0 saturated carbocycles. The van der Waals surface area contributed by atoms with Gasteiger partial charge in [0.2, 0.25) is 6.19 Å². The molecule has 1 fully saturated rings. The van der Waals surface area contributed by atoms with Crippen LogP contribution < -0.4 is 5.01 Å². The number of nitrogens with zero attached hydrogens (tertiary/aromatic N) is 3. The van der Waals surface area contributed by atoms with Gasteiger partial charge in [0.25, 0.3) is 0 Å². The quantitative estimate of drug-likeness (QED) is 0.572. The van der Waals surface area contributed by atoms with E-state index in [1.54, 1.807) is 5.01 Å². The Bertz CT molecular complexity index is 503. The third-order valence-electron chi connectivity index (χ3n) is 3.61. The highest BCUT2D eigenvalue weighted by Crippen LogP contribution is 2.33. The summed E-state index contributed by atoms with van der Waals surface area (Å²) in [6.45, 7) is 0. The Morgan fingerprint density at radius 2 is 1.78 bits per heavy atom. The zero-order valence-electron chi connectivity index (χ0n) is 9.96. The number of benzene rings is 1. The molecule has 0 radical (unpaired) electrons. The molecule has 0 N–H and O–H groups in total. The number of fused-ring (bicyclic) bond motifs is 3. The third-order valence-corrected chi connectivity index (χ3v) is 3.86. The molecule has 1 aliphatic carbocycles. The van der Waals surface area contributed by atoms with Crippen LogP contribution in [0.4, 0.5) is 5.69 Å². The number of halogens is 1. The molecule has 92 valence electrons. The topological polar surface area (TPSA) is 30.3 Å². The van der Waals surface area contributed by atoms with Gasteiger partial charge in [-0.2, -0.15) is 5.26 Å². The number of nitriles is 1. The minimum Gasteiger partial charge on any atom is -0.269 e. The number of hydrazine groups is 1. The van der Waals surface area contributed by atoms with Crippen molar-refractivity contribution in [2.24, 2.45) is 0 Å². The molecule has 3 nitrogen and oxygen atoms in total. The Morgan fingerprint density at radius 1 is 1.11 bits per heavy atom. The smallest absolute Gasteiger partial charge is 0.200 e. The number of rotatable bonds is 1. The van der Waals surface area contributed by atoms with Gasteiger partial charge < -0.3 is 0 Å². The highest BCUT2D eigenvalue weighted by Gasteiger charge is 2.34. The molecule has 1 saturated heterocycles. The highest BCUT2D eigenvalue weighted by molar-refractivity contribution is 6.30. The van der Waals surface area contributed by atoms with Gasteiger partial charge >= 0.3 is 0 Å². The van der Waals surface area contributed by atoms with Crippen LogP contribution in [0, 0.1) is 11.5 Å². The average molecular weight is 260 g/mol. The summed E-state index contributed by atoms with van der Waals surface area (Å²) in [5.41, 5.74) is 1.03. The second kappa shape index (κ2) is 4.55. The first-order chi connectivity index (χ1) is 8.79. The van der Waals surface area contributed by atoms with Crippen molar-refractivity contribution < 1.29 is 0 Å². The Hall–Kier alpha value is -1.66. The van der Waals surface area contributed by atoms with Crippen molar-refractivity contribution in [1.29, 1.82) is 5.26 Å². The molecule has 2 atom stereocenters. The number of anilines is 1. The number of hydrogen-bond donors (Lipinski definition) is 0. The summed E-state index contributed by atoms with van der Waals surface area (Å²) in [5.74, 6) is 0. The van der Waals surface area contributed by atoms with Crippen LogP contribution in [0.2, 0.25) is 5.02 Å². The molecule has 4 heteroatoms. The van der Waals surface area contributed by atoms with Crippen LogP contribution >= 0.6 is 11.6 Å². The van der Waals surface area contributed by atoms with Crippen molar-refractivity contribution in [3.05, 3.63) is 41.4 Å². The van der Waals surface area contributed by atoms with E-state index >= 15 is 0 Å². The van der Waals surface area contributed by atoms with E-state index in [0.717, 1.165) is 30.0 Å². The van der Waals surface area contributed by atoms with Crippen LogP contribution in [0.1, 0.15) is 19.3 Å². The van der Waals surface area contributed by atoms with Crippen LogP contribution in [-0.2, 0) is 0 Å². The van der Waals surface area contributed by atoms with Crippen molar-refractivity contribution in [3.63, 3.8) is 0 Å². The van der Waals surface area contributed by atoms with Crippen molar-refractivity contribution in [2.75, 3.05) is 5.01 Å². The maximum Gasteiger partial charge on any atom is 0.200 e. The Balaban J connectivity index is 2.01. The predicted octanol–water partition coefficient (Wildman–Crippen LogP) is 3.34. The molecule has 2 bridgehead atoms. The van der Waals surface area contributed by atoms with Gasteiger partial charge in [-0.05, 0) is 43.5 Å². The van der Waals surface area contributed by atoms with E-state index in [4.69, 9.17) is 11.6 Å². The first-order valence-electron chi connectivity index (χ1n) is 6.21. The van der Waals surface area contributed by atoms with Gasteiger partial charge in [-0.25, -0.2) is 5.01 Å². The maximum absolute atomic E-state index is 9.40. The Labute approximate surface area is 112 Å². The molecule has 4 rings (SSSR count). The summed E-state index contributed by atoms with van der Waals surface area (Å²) in [4.78, 5) is 0. The van der Waals surface area contributed by atoms with Gasteiger partial charge in [0.05, 0.1) is 17.8 Å². The second-order valence-electron chi connectivity index (χ2n) is 4.72. The normalized spacial score (nSPS) is 26.0. The van der Waals surface area contributed by atoms with Gasteiger partial charge in [0, 0.05) is 5.02 Å². The zero-order chi connectivity index (χ0) is 12.5. The van der Waals surface area contributed by atoms with Crippen LogP contribution in [0.15, 0.2) is 36.4 Å². The first-order valence-corrected chi connectivity index (χ1v) is 6.59. The molecular formula is C14H14ClN3. The lowest BCUT2D eigenvalue weighted by Crippen LogP contribution is -2.51. The van der Waals surface area contributed by atoms with Gasteiger partial charge in [-0.15, -0.1) is 0 Å². The van der Waals surface area contributed by atoms with Gasteiger partial charge in [0.1, 0.15) is 0 Å². The van der Waals surface area contributed by atoms with Crippen molar-refractivity contribution >= 4 is 17.3 Å². The molecule has 0 spiro atoms. The van der Waals surface area contributed by atoms with E-state index in [-0.39, 0.29) is 12.1 Å². The van der Waals surface area contributed by atoms with E-state index < -0.39 is 0 Å². The van der Waals surface area contributed by atoms with Crippen LogP contribution in [0.5, 0.6) is 0 Å². The van der Waals surface area contributed by atoms with Crippen LogP contribution in [0.3, 0.4) is 0 Å². The van der Waals surface area contributed by atoms with Gasteiger partial charge in [-0.1, -0.05) is 23.8 Å². The lowest BCUT2D eigenvalue weighted by Gasteiger charge is -2.41. The lowest BCUT2D eigenvalue weighted by atomic mass is 10.1. The SMILES string of the molecule is N#CN1C2C=CC(CCC2)N1c1ccc(Cl)cc1. The van der Waals surface area contributed by atoms with Crippen molar-refractivity contribution in [3.8, 4) is 6.19 Å². The lowest BCUT2D eigenvalue weighted by molar-refractivity contribution is 0.288. The Morgan fingerprint density at radius 3 is 2.50 bits per heavy atom. The summed E-state index contributed by atoms with van der Waals surface area (Å²) in [6, 6.07) is 8.17. The van der Waals surface area contributed by atoms with Gasteiger partial charge in [-0.3, -0.25) is 5.01 Å². The fourth-order valence-electron chi connectivity index (χ4n) is 2.74. The van der Waals surface area contributed by atoms with E-state index in [2.05, 4.69) is 23.4 Å². The summed E-state index contributed by atoms with van der Waals surface area (Å²) >= 11 is 5.92. The van der Waals surface area contributed by atoms with Gasteiger partial charge in [0.15, 0.2) is 0 Å². The molecule has 2 unspecified atom stereocenters. The van der Waals surface area contributed by atoms with Crippen LogP contribution in [-0.4, -0.2) is 17.1 Å².